The van der Waals surface area contributed by atoms with Crippen LogP contribution in [0.4, 0.5) is 10.2 Å². The van der Waals surface area contributed by atoms with E-state index in [-0.39, 0.29) is 11.2 Å². The van der Waals surface area contributed by atoms with E-state index in [1.807, 2.05) is 13.8 Å². The zero-order valence-electron chi connectivity index (χ0n) is 16.3. The van der Waals surface area contributed by atoms with E-state index >= 15 is 0 Å². The molecule has 1 aliphatic heterocycles. The van der Waals surface area contributed by atoms with Crippen LogP contribution in [0.3, 0.4) is 0 Å². The summed E-state index contributed by atoms with van der Waals surface area (Å²) in [6, 6.07) is 5.83. The predicted molar refractivity (Wildman–Crippen MR) is 104 cm³/mol. The number of carbonyl (C=O) groups is 1. The Bertz CT molecular complexity index is 1150. The first-order chi connectivity index (χ1) is 13.1. The molecule has 0 unspecified atom stereocenters. The van der Waals surface area contributed by atoms with Crippen molar-refractivity contribution < 1.29 is 9.18 Å². The molecule has 1 aliphatic carbocycles. The Kier molecular flexibility index (Phi) is 3.96. The van der Waals surface area contributed by atoms with Crippen LogP contribution in [-0.4, -0.2) is 14.9 Å². The lowest BCUT2D eigenvalue weighted by Crippen LogP contribution is -2.45. The van der Waals surface area contributed by atoms with Gasteiger partial charge in [-0.05, 0) is 29.5 Å². The molecule has 2 aliphatic rings. The first kappa shape index (κ1) is 18.4. The van der Waals surface area contributed by atoms with Crippen molar-refractivity contribution in [3.8, 4) is 0 Å². The smallest absolute Gasteiger partial charge is 0.332 e. The van der Waals surface area contributed by atoms with Gasteiger partial charge in [0.15, 0.2) is 5.78 Å². The van der Waals surface area contributed by atoms with Crippen molar-refractivity contribution in [2.24, 2.45) is 19.5 Å². The van der Waals surface area contributed by atoms with Gasteiger partial charge in [0.1, 0.15) is 11.6 Å². The number of Topliss-reactive ketones (excluding diaryl/α,β-unsaturated/α-hetero) is 1. The molecule has 0 amide bonds. The Hall–Kier alpha value is -2.96. The van der Waals surface area contributed by atoms with Crippen molar-refractivity contribution in [1.29, 1.82) is 0 Å². The minimum Gasteiger partial charge on any atom is -0.344 e. The van der Waals surface area contributed by atoms with Crippen LogP contribution in [0.5, 0.6) is 0 Å². The normalized spacial score (nSPS) is 20.5. The Balaban J connectivity index is 2.07. The van der Waals surface area contributed by atoms with Crippen molar-refractivity contribution in [3.63, 3.8) is 0 Å². The van der Waals surface area contributed by atoms with Gasteiger partial charge in [-0.3, -0.25) is 18.7 Å². The van der Waals surface area contributed by atoms with Gasteiger partial charge in [0.25, 0.3) is 5.56 Å². The predicted octanol–water partition coefficient (Wildman–Crippen LogP) is 2.42. The highest BCUT2D eigenvalue weighted by molar-refractivity contribution is 6.01. The number of hydrogen-bond acceptors (Lipinski definition) is 4. The monoisotopic (exact) mass is 383 g/mol. The fourth-order valence-corrected chi connectivity index (χ4v) is 4.34. The summed E-state index contributed by atoms with van der Waals surface area (Å²) in [6.07, 6.45) is 0.987. The number of halogens is 1. The number of rotatable bonds is 1. The summed E-state index contributed by atoms with van der Waals surface area (Å²) in [7, 11) is 3.01. The molecular weight excluding hydrogens is 361 g/mol. The van der Waals surface area contributed by atoms with E-state index in [1.54, 1.807) is 19.2 Å². The SMILES string of the molecule is Cn1c2c(c(=O)n(C)c1=O)[C@H](c1ccc(F)cc1)C1=C(CC(C)(C)CC1=O)N2. The Morgan fingerprint density at radius 2 is 1.68 bits per heavy atom. The summed E-state index contributed by atoms with van der Waals surface area (Å²) in [5, 5.41) is 3.21. The second kappa shape index (κ2) is 6.02. The van der Waals surface area contributed by atoms with Gasteiger partial charge in [-0.1, -0.05) is 26.0 Å². The summed E-state index contributed by atoms with van der Waals surface area (Å²) >= 11 is 0. The minimum atomic E-state index is -0.638. The highest BCUT2D eigenvalue weighted by Crippen LogP contribution is 2.47. The number of fused-ring (bicyclic) bond motifs is 1. The number of nitrogens with one attached hydrogen (secondary N) is 1. The summed E-state index contributed by atoms with van der Waals surface area (Å²) in [4.78, 5) is 38.6. The molecule has 1 aromatic heterocycles. The molecule has 1 N–H and O–H groups in total. The summed E-state index contributed by atoms with van der Waals surface area (Å²) in [5.74, 6) is -0.668. The highest BCUT2D eigenvalue weighted by Gasteiger charge is 2.42. The number of carbonyl (C=O) groups excluding carboxylic acids is 1. The first-order valence-corrected chi connectivity index (χ1v) is 9.19. The molecule has 0 saturated heterocycles. The Morgan fingerprint density at radius 3 is 2.32 bits per heavy atom. The maximum absolute atomic E-state index is 13.5. The Labute approximate surface area is 161 Å². The average molecular weight is 383 g/mol. The number of benzene rings is 1. The summed E-state index contributed by atoms with van der Waals surface area (Å²) < 4.78 is 16.0. The number of allylic oxidation sites excluding steroid dienone is 2. The second-order valence-electron chi connectivity index (χ2n) is 8.41. The van der Waals surface area contributed by atoms with Crippen molar-refractivity contribution in [1.82, 2.24) is 9.13 Å². The molecule has 0 saturated carbocycles. The van der Waals surface area contributed by atoms with Crippen LogP contribution in [0.25, 0.3) is 0 Å². The summed E-state index contributed by atoms with van der Waals surface area (Å²) in [5.41, 5.74) is 1.12. The van der Waals surface area contributed by atoms with Crippen LogP contribution < -0.4 is 16.6 Å². The molecular formula is C21H22FN3O3. The third-order valence-electron chi connectivity index (χ3n) is 5.67. The van der Waals surface area contributed by atoms with Crippen molar-refractivity contribution in [3.05, 3.63) is 73.3 Å². The van der Waals surface area contributed by atoms with Gasteiger partial charge < -0.3 is 5.32 Å². The molecule has 28 heavy (non-hydrogen) atoms. The van der Waals surface area contributed by atoms with Gasteiger partial charge in [0, 0.05) is 37.7 Å². The zero-order chi connectivity index (χ0) is 20.4. The molecule has 4 rings (SSSR count). The van der Waals surface area contributed by atoms with Crippen molar-refractivity contribution >= 4 is 11.6 Å². The minimum absolute atomic E-state index is 0.0327. The number of hydrogen-bond donors (Lipinski definition) is 1. The molecule has 1 aromatic carbocycles. The van der Waals surface area contributed by atoms with Crippen molar-refractivity contribution in [2.75, 3.05) is 5.32 Å². The fourth-order valence-electron chi connectivity index (χ4n) is 4.34. The number of anilines is 1. The topological polar surface area (TPSA) is 73.1 Å². The summed E-state index contributed by atoms with van der Waals surface area (Å²) in [6.45, 7) is 4.03. The largest absolute Gasteiger partial charge is 0.344 e. The molecule has 0 radical (unpaired) electrons. The molecule has 0 spiro atoms. The number of nitrogens with zero attached hydrogens (tertiary/aromatic N) is 2. The van der Waals surface area contributed by atoms with Gasteiger partial charge in [-0.25, -0.2) is 9.18 Å². The number of aromatic nitrogens is 2. The lowest BCUT2D eigenvalue weighted by atomic mass is 9.69. The first-order valence-electron chi connectivity index (χ1n) is 9.19. The van der Waals surface area contributed by atoms with E-state index in [2.05, 4.69) is 5.32 Å². The lowest BCUT2D eigenvalue weighted by molar-refractivity contribution is -0.118. The molecule has 0 bridgehead atoms. The molecule has 2 heterocycles. The molecule has 2 aromatic rings. The van der Waals surface area contributed by atoms with Crippen molar-refractivity contribution in [2.45, 2.75) is 32.6 Å². The fraction of sp³-hybridized carbons (Fsp3) is 0.381. The van der Waals surface area contributed by atoms with E-state index in [0.717, 1.165) is 10.3 Å². The molecule has 1 atom stereocenters. The zero-order valence-corrected chi connectivity index (χ0v) is 16.3. The third-order valence-corrected chi connectivity index (χ3v) is 5.67. The molecule has 146 valence electrons. The van der Waals surface area contributed by atoms with Crippen LogP contribution in [0.15, 0.2) is 45.1 Å². The maximum atomic E-state index is 13.5. The van der Waals surface area contributed by atoms with Crippen LogP contribution in [0, 0.1) is 11.2 Å². The van der Waals surface area contributed by atoms with Crippen LogP contribution in [-0.2, 0) is 18.9 Å². The Morgan fingerprint density at radius 1 is 1.04 bits per heavy atom. The van der Waals surface area contributed by atoms with E-state index in [0.29, 0.717) is 35.4 Å². The van der Waals surface area contributed by atoms with Crippen LogP contribution in [0.1, 0.15) is 43.7 Å². The van der Waals surface area contributed by atoms with Gasteiger partial charge in [0.2, 0.25) is 0 Å². The third kappa shape index (κ3) is 2.65. The lowest BCUT2D eigenvalue weighted by Gasteiger charge is -2.39. The van der Waals surface area contributed by atoms with E-state index in [4.69, 9.17) is 0 Å². The van der Waals surface area contributed by atoms with E-state index in [9.17, 15) is 18.8 Å². The quantitative estimate of drug-likeness (QED) is 0.821. The highest BCUT2D eigenvalue weighted by atomic mass is 19.1. The standard InChI is InChI=1S/C21H22FN3O3/c1-21(2)9-13-16(14(26)10-21)15(11-5-7-12(22)8-6-11)17-18(23-13)24(3)20(28)25(4)19(17)27/h5-8,15,23H,9-10H2,1-4H3/t15-/m1/s1. The van der Waals surface area contributed by atoms with Gasteiger partial charge in [0.05, 0.1) is 5.56 Å². The van der Waals surface area contributed by atoms with Crippen LogP contribution >= 0.6 is 0 Å². The van der Waals surface area contributed by atoms with Gasteiger partial charge >= 0.3 is 5.69 Å². The molecule has 0 fully saturated rings. The van der Waals surface area contributed by atoms with E-state index < -0.39 is 23.0 Å². The molecule has 6 nitrogen and oxygen atoms in total. The molecule has 7 heteroatoms. The second-order valence-corrected chi connectivity index (χ2v) is 8.41. The van der Waals surface area contributed by atoms with Gasteiger partial charge in [-0.2, -0.15) is 0 Å². The van der Waals surface area contributed by atoms with Crippen LogP contribution in [0.2, 0.25) is 0 Å². The number of ketones is 1. The average Bonchev–Trinajstić information content (AvgIpc) is 2.63. The maximum Gasteiger partial charge on any atom is 0.332 e. The van der Waals surface area contributed by atoms with E-state index in [1.165, 1.54) is 23.7 Å². The van der Waals surface area contributed by atoms with Gasteiger partial charge in [-0.15, -0.1) is 0 Å².